The van der Waals surface area contributed by atoms with E-state index in [0.29, 0.717) is 0 Å². The lowest BCUT2D eigenvalue weighted by Gasteiger charge is -2.26. The van der Waals surface area contributed by atoms with Crippen molar-refractivity contribution in [1.29, 1.82) is 0 Å². The fourth-order valence-corrected chi connectivity index (χ4v) is 8.57. The van der Waals surface area contributed by atoms with Gasteiger partial charge in [0.2, 0.25) is 0 Å². The monoisotopic (exact) mass is 643 g/mol. The van der Waals surface area contributed by atoms with Crippen LogP contribution in [0.4, 0.5) is 17.1 Å². The summed E-state index contributed by atoms with van der Waals surface area (Å²) in [5.41, 5.74) is 9.77. The Hall–Kier alpha value is -6.16. The molecule has 0 N–H and O–H groups in total. The molecule has 0 aliphatic carbocycles. The van der Waals surface area contributed by atoms with Gasteiger partial charge in [-0.1, -0.05) is 127 Å². The predicted molar refractivity (Wildman–Crippen MR) is 210 cm³/mol. The summed E-state index contributed by atoms with van der Waals surface area (Å²) >= 11 is 1.88. The summed E-state index contributed by atoms with van der Waals surface area (Å²) in [6, 6.07) is 63.1. The third-order valence-electron chi connectivity index (χ3n) is 9.64. The van der Waals surface area contributed by atoms with Crippen molar-refractivity contribution in [3.05, 3.63) is 176 Å². The van der Waals surface area contributed by atoms with Crippen LogP contribution in [0.15, 0.2) is 180 Å². The van der Waals surface area contributed by atoms with Crippen LogP contribution in [0.5, 0.6) is 0 Å². The molecule has 2 aromatic heterocycles. The Labute approximate surface area is 287 Å². The predicted octanol–water partition coefficient (Wildman–Crippen LogP) is 13.9. The molecule has 2 heterocycles. The van der Waals surface area contributed by atoms with Crippen molar-refractivity contribution in [2.45, 2.75) is 0 Å². The van der Waals surface area contributed by atoms with Crippen LogP contribution in [0.3, 0.4) is 0 Å². The first kappa shape index (κ1) is 27.9. The first-order valence-electron chi connectivity index (χ1n) is 16.6. The molecule has 0 saturated carbocycles. The standard InChI is InChI=1S/C46H29NOS/c1-3-13-30(14-4-1)32-17-11-18-33(27-32)47(42-23-12-22-37-36-20-9-10-24-43(36)48-45(37)42)34-25-26-44-40(28-34)41-29-39(31-15-5-2-6-16-31)35-19-7-8-21-38(35)46(41)49-44/h1-29H. The maximum atomic E-state index is 6.64. The van der Waals surface area contributed by atoms with Gasteiger partial charge >= 0.3 is 0 Å². The van der Waals surface area contributed by atoms with Crippen molar-refractivity contribution in [3.63, 3.8) is 0 Å². The number of para-hydroxylation sites is 2. The van der Waals surface area contributed by atoms with Crippen LogP contribution in [-0.4, -0.2) is 0 Å². The molecular formula is C46H29NOS. The Morgan fingerprint density at radius 1 is 0.408 bits per heavy atom. The largest absolute Gasteiger partial charge is 0.454 e. The van der Waals surface area contributed by atoms with Crippen molar-refractivity contribution < 1.29 is 4.42 Å². The van der Waals surface area contributed by atoms with Crippen molar-refractivity contribution in [2.24, 2.45) is 0 Å². The normalized spacial score (nSPS) is 11.7. The number of anilines is 3. The lowest BCUT2D eigenvalue weighted by Crippen LogP contribution is -2.10. The minimum Gasteiger partial charge on any atom is -0.454 e. The lowest BCUT2D eigenvalue weighted by atomic mass is 9.95. The summed E-state index contributed by atoms with van der Waals surface area (Å²) < 4.78 is 9.23. The van der Waals surface area contributed by atoms with Crippen LogP contribution in [0.1, 0.15) is 0 Å². The molecule has 10 rings (SSSR count). The number of furan rings is 1. The Balaban J connectivity index is 1.25. The van der Waals surface area contributed by atoms with E-state index in [2.05, 4.69) is 175 Å². The van der Waals surface area contributed by atoms with E-state index in [1.165, 1.54) is 53.2 Å². The van der Waals surface area contributed by atoms with Crippen LogP contribution in [0.2, 0.25) is 0 Å². The minimum absolute atomic E-state index is 0.876. The summed E-state index contributed by atoms with van der Waals surface area (Å²) in [7, 11) is 0. The van der Waals surface area contributed by atoms with Gasteiger partial charge in [0.05, 0.1) is 5.69 Å². The second kappa shape index (κ2) is 11.2. The van der Waals surface area contributed by atoms with Gasteiger partial charge in [-0.15, -0.1) is 11.3 Å². The smallest absolute Gasteiger partial charge is 0.159 e. The molecule has 0 amide bonds. The van der Waals surface area contributed by atoms with Crippen LogP contribution >= 0.6 is 11.3 Å². The Morgan fingerprint density at radius 3 is 1.90 bits per heavy atom. The quantitative estimate of drug-likeness (QED) is 0.186. The maximum absolute atomic E-state index is 6.64. The molecule has 0 spiro atoms. The van der Waals surface area contributed by atoms with Crippen molar-refractivity contribution in [1.82, 2.24) is 0 Å². The zero-order valence-corrected chi connectivity index (χ0v) is 27.3. The average molecular weight is 644 g/mol. The molecule has 0 fully saturated rings. The van der Waals surface area contributed by atoms with Gasteiger partial charge in [-0.05, 0) is 76.2 Å². The maximum Gasteiger partial charge on any atom is 0.159 e. The van der Waals surface area contributed by atoms with E-state index < -0.39 is 0 Å². The van der Waals surface area contributed by atoms with Gasteiger partial charge in [0.1, 0.15) is 5.58 Å². The van der Waals surface area contributed by atoms with Gasteiger partial charge < -0.3 is 9.32 Å². The molecule has 0 bridgehead atoms. The number of hydrogen-bond acceptors (Lipinski definition) is 3. The highest BCUT2D eigenvalue weighted by Gasteiger charge is 2.21. The van der Waals surface area contributed by atoms with Crippen LogP contribution in [-0.2, 0) is 0 Å². The molecule has 0 saturated heterocycles. The lowest BCUT2D eigenvalue weighted by molar-refractivity contribution is 0.669. The summed E-state index contributed by atoms with van der Waals surface area (Å²) in [4.78, 5) is 2.36. The Bertz CT molecular complexity index is 2830. The first-order valence-corrected chi connectivity index (χ1v) is 17.4. The van der Waals surface area contributed by atoms with E-state index in [9.17, 15) is 0 Å². The fourth-order valence-electron chi connectivity index (χ4n) is 7.37. The SMILES string of the molecule is c1ccc(-c2cccc(N(c3ccc4sc5c6ccccc6c(-c6ccccc6)cc5c4c3)c3cccc4c3oc3ccccc34)c2)cc1. The fraction of sp³-hybridized carbons (Fsp3) is 0. The number of benzene rings is 8. The van der Waals surface area contributed by atoms with E-state index in [-0.39, 0.29) is 0 Å². The summed E-state index contributed by atoms with van der Waals surface area (Å²) in [5.74, 6) is 0. The van der Waals surface area contributed by atoms with E-state index in [4.69, 9.17) is 4.42 Å². The summed E-state index contributed by atoms with van der Waals surface area (Å²) in [6.07, 6.45) is 0. The van der Waals surface area contributed by atoms with Gasteiger partial charge in [0.25, 0.3) is 0 Å². The summed E-state index contributed by atoms with van der Waals surface area (Å²) in [5, 5.41) is 7.33. The van der Waals surface area contributed by atoms with E-state index in [0.717, 1.165) is 39.0 Å². The van der Waals surface area contributed by atoms with E-state index in [1.807, 2.05) is 17.4 Å². The van der Waals surface area contributed by atoms with Gasteiger partial charge in [-0.3, -0.25) is 0 Å². The second-order valence-corrected chi connectivity index (χ2v) is 13.6. The van der Waals surface area contributed by atoms with Gasteiger partial charge in [0, 0.05) is 47.7 Å². The molecule has 230 valence electrons. The third kappa shape index (κ3) is 4.55. The van der Waals surface area contributed by atoms with E-state index >= 15 is 0 Å². The molecule has 0 unspecified atom stereocenters. The molecular weight excluding hydrogens is 615 g/mol. The van der Waals surface area contributed by atoms with Crippen molar-refractivity contribution in [3.8, 4) is 22.3 Å². The first-order chi connectivity index (χ1) is 24.3. The molecule has 0 aliphatic heterocycles. The molecule has 2 nitrogen and oxygen atoms in total. The average Bonchev–Trinajstić information content (AvgIpc) is 3.74. The highest BCUT2D eigenvalue weighted by atomic mass is 32.1. The van der Waals surface area contributed by atoms with Crippen LogP contribution in [0.25, 0.3) is 75.1 Å². The number of hydrogen-bond donors (Lipinski definition) is 0. The number of thiophene rings is 1. The minimum atomic E-state index is 0.876. The van der Waals surface area contributed by atoms with Crippen LogP contribution in [0, 0.1) is 0 Å². The van der Waals surface area contributed by atoms with E-state index in [1.54, 1.807) is 0 Å². The van der Waals surface area contributed by atoms with Crippen LogP contribution < -0.4 is 4.90 Å². The molecule has 10 aromatic rings. The third-order valence-corrected chi connectivity index (χ3v) is 10.9. The zero-order chi connectivity index (χ0) is 32.3. The number of fused-ring (bicyclic) bond motifs is 8. The molecule has 0 radical (unpaired) electrons. The highest BCUT2D eigenvalue weighted by Crippen LogP contribution is 2.47. The molecule has 0 aliphatic rings. The number of rotatable bonds is 5. The Kier molecular flexibility index (Phi) is 6.39. The van der Waals surface area contributed by atoms with Gasteiger partial charge in [-0.25, -0.2) is 0 Å². The zero-order valence-electron chi connectivity index (χ0n) is 26.5. The number of nitrogens with zero attached hydrogens (tertiary/aromatic N) is 1. The molecule has 8 aromatic carbocycles. The molecule has 49 heavy (non-hydrogen) atoms. The second-order valence-electron chi connectivity index (χ2n) is 12.5. The topological polar surface area (TPSA) is 16.4 Å². The molecule has 0 atom stereocenters. The van der Waals surface area contributed by atoms with Gasteiger partial charge in [0.15, 0.2) is 5.58 Å². The summed E-state index contributed by atoms with van der Waals surface area (Å²) in [6.45, 7) is 0. The molecule has 3 heteroatoms. The van der Waals surface area contributed by atoms with Gasteiger partial charge in [-0.2, -0.15) is 0 Å². The van der Waals surface area contributed by atoms with Crippen molar-refractivity contribution >= 4 is 81.3 Å². The highest BCUT2D eigenvalue weighted by molar-refractivity contribution is 7.26. The Morgan fingerprint density at radius 2 is 1.06 bits per heavy atom. The van der Waals surface area contributed by atoms with Crippen molar-refractivity contribution in [2.75, 3.05) is 4.90 Å².